The summed E-state index contributed by atoms with van der Waals surface area (Å²) in [4.78, 5) is 3.53. The van der Waals surface area contributed by atoms with E-state index in [4.69, 9.17) is 0 Å². The summed E-state index contributed by atoms with van der Waals surface area (Å²) in [6, 6.07) is 39.5. The summed E-state index contributed by atoms with van der Waals surface area (Å²) >= 11 is 0. The van der Waals surface area contributed by atoms with Gasteiger partial charge in [0.05, 0.1) is 11.0 Å². The zero-order valence-electron chi connectivity index (χ0n) is 18.3. The molecule has 0 atom stereocenters. The molecule has 7 aromatic rings. The van der Waals surface area contributed by atoms with Crippen LogP contribution in [0.4, 0.5) is 0 Å². The first-order valence-electron chi connectivity index (χ1n) is 11.4. The molecule has 0 fully saturated rings. The molecule has 1 N–H and O–H groups in total. The number of nitrogens with one attached hydrogen (secondary N) is 1. The first-order chi connectivity index (χ1) is 16.3. The monoisotopic (exact) mass is 422 g/mol. The third-order valence-electron chi connectivity index (χ3n) is 6.77. The number of rotatable bonds is 2. The highest BCUT2D eigenvalue weighted by Gasteiger charge is 2.14. The Morgan fingerprint density at radius 2 is 1.15 bits per heavy atom. The number of aryl methyl sites for hydroxylation is 1. The van der Waals surface area contributed by atoms with Crippen molar-refractivity contribution in [2.75, 3.05) is 0 Å². The standard InChI is InChI=1S/C31H22N2/c1-20-11-15-30-26(17-20)27-19-22(13-16-31(27)33(30)23-7-3-2-4-8-23)21-12-14-29-25(18-21)24-9-5-6-10-28(24)32-29/h2-19,32H,1H3. The van der Waals surface area contributed by atoms with Crippen LogP contribution >= 0.6 is 0 Å². The predicted octanol–water partition coefficient (Wildman–Crippen LogP) is 8.39. The summed E-state index contributed by atoms with van der Waals surface area (Å²) in [6.45, 7) is 2.17. The third-order valence-corrected chi connectivity index (χ3v) is 6.77. The number of hydrogen-bond acceptors (Lipinski definition) is 0. The van der Waals surface area contributed by atoms with Crippen LogP contribution in [0.3, 0.4) is 0 Å². The lowest BCUT2D eigenvalue weighted by Crippen LogP contribution is -1.93. The number of H-pyrrole nitrogens is 1. The molecule has 2 aromatic heterocycles. The van der Waals surface area contributed by atoms with Gasteiger partial charge in [0.1, 0.15) is 0 Å². The SMILES string of the molecule is Cc1ccc2c(c1)c1cc(-c3ccc4[nH]c5ccccc5c4c3)ccc1n2-c1ccccc1. The molecule has 2 heterocycles. The van der Waals surface area contributed by atoms with Gasteiger partial charge in [0.25, 0.3) is 0 Å². The van der Waals surface area contributed by atoms with E-state index in [9.17, 15) is 0 Å². The van der Waals surface area contributed by atoms with Gasteiger partial charge in [-0.05, 0) is 72.6 Å². The van der Waals surface area contributed by atoms with E-state index in [0.717, 1.165) is 0 Å². The molecular formula is C31H22N2. The Labute approximate surface area is 191 Å². The van der Waals surface area contributed by atoms with E-state index >= 15 is 0 Å². The molecule has 0 unspecified atom stereocenters. The van der Waals surface area contributed by atoms with Crippen LogP contribution in [0.2, 0.25) is 0 Å². The van der Waals surface area contributed by atoms with Crippen molar-refractivity contribution in [3.05, 3.63) is 115 Å². The fourth-order valence-corrected chi connectivity index (χ4v) is 5.20. The largest absolute Gasteiger partial charge is 0.355 e. The lowest BCUT2D eigenvalue weighted by Gasteiger charge is -2.08. The molecule has 0 spiro atoms. The Balaban J connectivity index is 1.50. The van der Waals surface area contributed by atoms with Crippen molar-refractivity contribution < 1.29 is 0 Å². The summed E-state index contributed by atoms with van der Waals surface area (Å²) < 4.78 is 2.37. The minimum atomic E-state index is 1.18. The number of benzene rings is 5. The molecule has 0 amide bonds. The van der Waals surface area contributed by atoms with E-state index in [0.29, 0.717) is 0 Å². The minimum absolute atomic E-state index is 1.18. The Bertz CT molecular complexity index is 1820. The van der Waals surface area contributed by atoms with E-state index in [1.54, 1.807) is 0 Å². The Morgan fingerprint density at radius 1 is 0.515 bits per heavy atom. The van der Waals surface area contributed by atoms with Crippen LogP contribution in [0.1, 0.15) is 5.56 Å². The second kappa shape index (κ2) is 6.85. The molecule has 7 rings (SSSR count). The van der Waals surface area contributed by atoms with Gasteiger partial charge in [0.2, 0.25) is 0 Å². The fraction of sp³-hybridized carbons (Fsp3) is 0.0323. The molecule has 0 aliphatic heterocycles. The van der Waals surface area contributed by atoms with Crippen molar-refractivity contribution >= 4 is 43.6 Å². The summed E-state index contributed by atoms with van der Waals surface area (Å²) in [5.74, 6) is 0. The number of aromatic nitrogens is 2. The molecular weight excluding hydrogens is 400 g/mol. The molecule has 5 aromatic carbocycles. The van der Waals surface area contributed by atoms with Gasteiger partial charge in [-0.1, -0.05) is 60.2 Å². The Kier molecular flexibility index (Phi) is 3.80. The van der Waals surface area contributed by atoms with Gasteiger partial charge in [0, 0.05) is 38.3 Å². The van der Waals surface area contributed by atoms with E-state index in [-0.39, 0.29) is 0 Å². The molecule has 0 aliphatic rings. The molecule has 0 saturated carbocycles. The predicted molar refractivity (Wildman–Crippen MR) is 140 cm³/mol. The van der Waals surface area contributed by atoms with Crippen molar-refractivity contribution in [2.24, 2.45) is 0 Å². The maximum absolute atomic E-state index is 3.53. The molecule has 33 heavy (non-hydrogen) atoms. The van der Waals surface area contributed by atoms with Gasteiger partial charge in [0.15, 0.2) is 0 Å². The van der Waals surface area contributed by atoms with E-state index in [2.05, 4.69) is 126 Å². The minimum Gasteiger partial charge on any atom is -0.355 e. The van der Waals surface area contributed by atoms with Gasteiger partial charge < -0.3 is 9.55 Å². The van der Waals surface area contributed by atoms with E-state index in [1.807, 2.05) is 0 Å². The highest BCUT2D eigenvalue weighted by Crippen LogP contribution is 2.36. The van der Waals surface area contributed by atoms with E-state index in [1.165, 1.54) is 66.0 Å². The van der Waals surface area contributed by atoms with Gasteiger partial charge in [-0.3, -0.25) is 0 Å². The summed E-state index contributed by atoms with van der Waals surface area (Å²) in [7, 11) is 0. The average molecular weight is 423 g/mol. The van der Waals surface area contributed by atoms with Gasteiger partial charge >= 0.3 is 0 Å². The molecule has 0 saturated heterocycles. The lowest BCUT2D eigenvalue weighted by molar-refractivity contribution is 1.18. The molecule has 0 bridgehead atoms. The number of aromatic amines is 1. The quantitative estimate of drug-likeness (QED) is 0.289. The van der Waals surface area contributed by atoms with Gasteiger partial charge in [-0.15, -0.1) is 0 Å². The smallest absolute Gasteiger partial charge is 0.0541 e. The number of nitrogens with zero attached hydrogens (tertiary/aromatic N) is 1. The molecule has 156 valence electrons. The van der Waals surface area contributed by atoms with Crippen molar-refractivity contribution in [3.63, 3.8) is 0 Å². The maximum Gasteiger partial charge on any atom is 0.0541 e. The third kappa shape index (κ3) is 2.74. The summed E-state index contributed by atoms with van der Waals surface area (Å²) in [6.07, 6.45) is 0. The van der Waals surface area contributed by atoms with Crippen LogP contribution in [-0.4, -0.2) is 9.55 Å². The topological polar surface area (TPSA) is 20.7 Å². The maximum atomic E-state index is 3.53. The molecule has 0 aliphatic carbocycles. The van der Waals surface area contributed by atoms with E-state index < -0.39 is 0 Å². The second-order valence-electron chi connectivity index (χ2n) is 8.85. The van der Waals surface area contributed by atoms with Gasteiger partial charge in [-0.2, -0.15) is 0 Å². The zero-order valence-corrected chi connectivity index (χ0v) is 18.3. The van der Waals surface area contributed by atoms with Crippen LogP contribution in [0.5, 0.6) is 0 Å². The van der Waals surface area contributed by atoms with Crippen LogP contribution in [-0.2, 0) is 0 Å². The molecule has 0 radical (unpaired) electrons. The first kappa shape index (κ1) is 18.3. The number of hydrogen-bond donors (Lipinski definition) is 1. The summed E-state index contributed by atoms with van der Waals surface area (Å²) in [5.41, 5.74) is 9.78. The number of para-hydroxylation sites is 2. The first-order valence-corrected chi connectivity index (χ1v) is 11.4. The Hall–Kier alpha value is -4.30. The second-order valence-corrected chi connectivity index (χ2v) is 8.85. The average Bonchev–Trinajstić information content (AvgIpc) is 3.39. The van der Waals surface area contributed by atoms with Crippen LogP contribution in [0.15, 0.2) is 109 Å². The summed E-state index contributed by atoms with van der Waals surface area (Å²) in [5, 5.41) is 5.12. The normalized spacial score (nSPS) is 11.8. The lowest BCUT2D eigenvalue weighted by atomic mass is 10.0. The van der Waals surface area contributed by atoms with Crippen LogP contribution in [0.25, 0.3) is 60.4 Å². The number of fused-ring (bicyclic) bond motifs is 6. The van der Waals surface area contributed by atoms with Crippen molar-refractivity contribution in [2.45, 2.75) is 6.92 Å². The van der Waals surface area contributed by atoms with Crippen LogP contribution < -0.4 is 0 Å². The van der Waals surface area contributed by atoms with Crippen molar-refractivity contribution in [3.8, 4) is 16.8 Å². The zero-order chi connectivity index (χ0) is 21.9. The molecule has 2 heteroatoms. The Morgan fingerprint density at radius 3 is 2.00 bits per heavy atom. The fourth-order valence-electron chi connectivity index (χ4n) is 5.20. The molecule has 2 nitrogen and oxygen atoms in total. The highest BCUT2D eigenvalue weighted by molar-refractivity contribution is 6.12. The van der Waals surface area contributed by atoms with Gasteiger partial charge in [-0.25, -0.2) is 0 Å². The van der Waals surface area contributed by atoms with Crippen molar-refractivity contribution in [1.29, 1.82) is 0 Å². The van der Waals surface area contributed by atoms with Crippen molar-refractivity contribution in [1.82, 2.24) is 9.55 Å². The highest BCUT2D eigenvalue weighted by atomic mass is 15.0. The van der Waals surface area contributed by atoms with Crippen LogP contribution in [0, 0.1) is 6.92 Å².